The van der Waals surface area contributed by atoms with Gasteiger partial charge in [0.2, 0.25) is 0 Å². The van der Waals surface area contributed by atoms with E-state index in [0.717, 1.165) is 31.4 Å². The lowest BCUT2D eigenvalue weighted by Crippen LogP contribution is -2.15. The predicted molar refractivity (Wildman–Crippen MR) is 84.3 cm³/mol. The zero-order chi connectivity index (χ0) is 14.5. The molecule has 2 aromatic carbocycles. The maximum absolute atomic E-state index is 9.89. The first-order valence-corrected chi connectivity index (χ1v) is 7.75. The van der Waals surface area contributed by atoms with Gasteiger partial charge in [-0.1, -0.05) is 48.9 Å². The molecule has 2 aromatic rings. The molecule has 2 nitrogen and oxygen atoms in total. The minimum atomic E-state index is -0.112. The van der Waals surface area contributed by atoms with Crippen LogP contribution in [0.3, 0.4) is 0 Å². The van der Waals surface area contributed by atoms with Gasteiger partial charge in [0.05, 0.1) is 6.10 Å². The van der Waals surface area contributed by atoms with Gasteiger partial charge in [-0.3, -0.25) is 0 Å². The van der Waals surface area contributed by atoms with Crippen LogP contribution in [-0.4, -0.2) is 11.2 Å². The van der Waals surface area contributed by atoms with Gasteiger partial charge in [-0.25, -0.2) is 0 Å². The average molecular weight is 282 g/mol. The molecule has 1 aliphatic carbocycles. The molecule has 0 saturated heterocycles. The normalized spacial score (nSPS) is 21.4. The number of ether oxygens (including phenoxy) is 1. The summed E-state index contributed by atoms with van der Waals surface area (Å²) < 4.78 is 5.79. The van der Waals surface area contributed by atoms with Crippen LogP contribution in [0.15, 0.2) is 54.6 Å². The SMILES string of the molecule is O[C@@H]1CCC[C@H]1Cc1ccc(OCc2ccccc2)cc1. The molecular formula is C19H22O2. The highest BCUT2D eigenvalue weighted by atomic mass is 16.5. The lowest BCUT2D eigenvalue weighted by atomic mass is 9.96. The van der Waals surface area contributed by atoms with Gasteiger partial charge in [-0.2, -0.15) is 0 Å². The van der Waals surface area contributed by atoms with Crippen molar-refractivity contribution in [2.24, 2.45) is 5.92 Å². The second kappa shape index (κ2) is 6.77. The molecule has 2 atom stereocenters. The first-order valence-electron chi connectivity index (χ1n) is 7.75. The Balaban J connectivity index is 1.54. The van der Waals surface area contributed by atoms with Crippen molar-refractivity contribution < 1.29 is 9.84 Å². The Morgan fingerprint density at radius 2 is 1.67 bits per heavy atom. The minimum absolute atomic E-state index is 0.112. The number of benzene rings is 2. The van der Waals surface area contributed by atoms with Crippen LogP contribution in [0.25, 0.3) is 0 Å². The van der Waals surface area contributed by atoms with Gasteiger partial charge in [0.1, 0.15) is 12.4 Å². The second-order valence-electron chi connectivity index (χ2n) is 5.88. The van der Waals surface area contributed by atoms with Crippen LogP contribution in [0.1, 0.15) is 30.4 Å². The minimum Gasteiger partial charge on any atom is -0.489 e. The van der Waals surface area contributed by atoms with Gasteiger partial charge in [0, 0.05) is 0 Å². The van der Waals surface area contributed by atoms with Gasteiger partial charge >= 0.3 is 0 Å². The Bertz CT molecular complexity index is 548. The lowest BCUT2D eigenvalue weighted by Gasteiger charge is -2.14. The molecule has 0 radical (unpaired) electrons. The van der Waals surface area contributed by atoms with E-state index in [4.69, 9.17) is 4.74 Å². The highest BCUT2D eigenvalue weighted by molar-refractivity contribution is 5.28. The van der Waals surface area contributed by atoms with Crippen LogP contribution in [0, 0.1) is 5.92 Å². The van der Waals surface area contributed by atoms with Crippen molar-refractivity contribution in [3.05, 3.63) is 65.7 Å². The molecule has 1 saturated carbocycles. The zero-order valence-electron chi connectivity index (χ0n) is 12.2. The molecule has 2 heteroatoms. The van der Waals surface area contributed by atoms with Crippen molar-refractivity contribution in [2.45, 2.75) is 38.4 Å². The standard InChI is InChI=1S/C19H22O2/c20-19-8-4-7-17(19)13-15-9-11-18(12-10-15)21-14-16-5-2-1-3-6-16/h1-3,5-6,9-12,17,19-20H,4,7-8,13-14H2/t17-,19+/m0/s1. The summed E-state index contributed by atoms with van der Waals surface area (Å²) in [5.74, 6) is 1.33. The largest absolute Gasteiger partial charge is 0.489 e. The fourth-order valence-corrected chi connectivity index (χ4v) is 3.02. The molecule has 1 N–H and O–H groups in total. The van der Waals surface area contributed by atoms with Crippen molar-refractivity contribution >= 4 is 0 Å². The fraction of sp³-hybridized carbons (Fsp3) is 0.368. The van der Waals surface area contributed by atoms with Gasteiger partial charge in [-0.15, -0.1) is 0 Å². The van der Waals surface area contributed by atoms with Gasteiger partial charge < -0.3 is 9.84 Å². The second-order valence-corrected chi connectivity index (χ2v) is 5.88. The Morgan fingerprint density at radius 3 is 2.33 bits per heavy atom. The third kappa shape index (κ3) is 3.85. The Labute approximate surface area is 126 Å². The number of hydrogen-bond donors (Lipinski definition) is 1. The highest BCUT2D eigenvalue weighted by Gasteiger charge is 2.24. The maximum atomic E-state index is 9.89. The van der Waals surface area contributed by atoms with Crippen molar-refractivity contribution in [3.8, 4) is 5.75 Å². The summed E-state index contributed by atoms with van der Waals surface area (Å²) in [6.07, 6.45) is 4.12. The quantitative estimate of drug-likeness (QED) is 0.899. The summed E-state index contributed by atoms with van der Waals surface area (Å²) >= 11 is 0. The summed E-state index contributed by atoms with van der Waals surface area (Å²) in [5, 5.41) is 9.89. The van der Waals surface area contributed by atoms with Crippen LogP contribution in [0.2, 0.25) is 0 Å². The topological polar surface area (TPSA) is 29.5 Å². The first kappa shape index (κ1) is 14.2. The summed E-state index contributed by atoms with van der Waals surface area (Å²) in [5.41, 5.74) is 2.46. The number of aliphatic hydroxyl groups excluding tert-OH is 1. The zero-order valence-corrected chi connectivity index (χ0v) is 12.2. The van der Waals surface area contributed by atoms with Crippen LogP contribution >= 0.6 is 0 Å². The van der Waals surface area contributed by atoms with Crippen LogP contribution in [-0.2, 0) is 13.0 Å². The fourth-order valence-electron chi connectivity index (χ4n) is 3.02. The van der Waals surface area contributed by atoms with E-state index >= 15 is 0 Å². The van der Waals surface area contributed by atoms with Crippen molar-refractivity contribution in [1.82, 2.24) is 0 Å². The van der Waals surface area contributed by atoms with Crippen LogP contribution in [0.5, 0.6) is 5.75 Å². The van der Waals surface area contributed by atoms with Crippen LogP contribution in [0.4, 0.5) is 0 Å². The Hall–Kier alpha value is -1.80. The Morgan fingerprint density at radius 1 is 0.905 bits per heavy atom. The molecule has 3 rings (SSSR count). The predicted octanol–water partition coefficient (Wildman–Crippen LogP) is 3.97. The summed E-state index contributed by atoms with van der Waals surface area (Å²) in [6.45, 7) is 0.599. The van der Waals surface area contributed by atoms with E-state index in [-0.39, 0.29) is 6.10 Å². The van der Waals surface area contributed by atoms with E-state index in [1.54, 1.807) is 0 Å². The monoisotopic (exact) mass is 282 g/mol. The number of rotatable bonds is 5. The molecular weight excluding hydrogens is 260 g/mol. The summed E-state index contributed by atoms with van der Waals surface area (Å²) in [4.78, 5) is 0. The molecule has 110 valence electrons. The van der Waals surface area contributed by atoms with E-state index in [0.29, 0.717) is 12.5 Å². The molecule has 1 fully saturated rings. The average Bonchev–Trinajstić information content (AvgIpc) is 2.93. The highest BCUT2D eigenvalue weighted by Crippen LogP contribution is 2.29. The van der Waals surface area contributed by atoms with Crippen molar-refractivity contribution in [3.63, 3.8) is 0 Å². The molecule has 0 aliphatic heterocycles. The molecule has 0 spiro atoms. The van der Waals surface area contributed by atoms with E-state index in [2.05, 4.69) is 24.3 Å². The van der Waals surface area contributed by atoms with Gasteiger partial charge in [0.15, 0.2) is 0 Å². The maximum Gasteiger partial charge on any atom is 0.119 e. The van der Waals surface area contributed by atoms with Crippen molar-refractivity contribution in [2.75, 3.05) is 0 Å². The molecule has 0 bridgehead atoms. The van der Waals surface area contributed by atoms with E-state index in [1.807, 2.05) is 30.3 Å². The van der Waals surface area contributed by atoms with Crippen molar-refractivity contribution in [1.29, 1.82) is 0 Å². The van der Waals surface area contributed by atoms with E-state index in [1.165, 1.54) is 11.1 Å². The lowest BCUT2D eigenvalue weighted by molar-refractivity contribution is 0.132. The van der Waals surface area contributed by atoms with Gasteiger partial charge in [-0.05, 0) is 48.4 Å². The summed E-state index contributed by atoms with van der Waals surface area (Å²) in [6, 6.07) is 18.5. The molecule has 0 aromatic heterocycles. The number of hydrogen-bond acceptors (Lipinski definition) is 2. The molecule has 0 unspecified atom stereocenters. The third-order valence-corrected chi connectivity index (χ3v) is 4.29. The third-order valence-electron chi connectivity index (χ3n) is 4.29. The molecule has 0 heterocycles. The Kier molecular flexibility index (Phi) is 4.56. The van der Waals surface area contributed by atoms with E-state index < -0.39 is 0 Å². The number of aliphatic hydroxyl groups is 1. The smallest absolute Gasteiger partial charge is 0.119 e. The summed E-state index contributed by atoms with van der Waals surface area (Å²) in [7, 11) is 0. The molecule has 1 aliphatic rings. The van der Waals surface area contributed by atoms with Crippen LogP contribution < -0.4 is 4.74 Å². The molecule has 21 heavy (non-hydrogen) atoms. The first-order chi connectivity index (χ1) is 10.3. The van der Waals surface area contributed by atoms with E-state index in [9.17, 15) is 5.11 Å². The van der Waals surface area contributed by atoms with Gasteiger partial charge in [0.25, 0.3) is 0 Å². The molecule has 0 amide bonds.